The van der Waals surface area contributed by atoms with Crippen molar-refractivity contribution in [3.8, 4) is 0 Å². The number of aliphatic carboxylic acids is 1. The number of hydrogen-bond donors (Lipinski definition) is 1. The van der Waals surface area contributed by atoms with Gasteiger partial charge in [-0.3, -0.25) is 9.59 Å². The number of amides is 1. The number of hydrogen-bond acceptors (Lipinski definition) is 2. The van der Waals surface area contributed by atoms with Gasteiger partial charge in [-0.25, -0.2) is 0 Å². The standard InChI is InChI=1S/C13H17NO3/c15-12(14-5-1-2-6-14)10-8-3-4-9(7-8)11(10)13(16)17/h3-4,8-11H,1-2,5-7H2,(H,16,17)/t8-,9+,10-,11-/m1/s1. The average molecular weight is 235 g/mol. The lowest BCUT2D eigenvalue weighted by molar-refractivity contribution is -0.150. The zero-order valence-electron chi connectivity index (χ0n) is 9.71. The van der Waals surface area contributed by atoms with Crippen LogP contribution in [-0.4, -0.2) is 35.0 Å². The fourth-order valence-corrected chi connectivity index (χ4v) is 3.64. The predicted octanol–water partition coefficient (Wildman–Crippen LogP) is 1.13. The van der Waals surface area contributed by atoms with Crippen molar-refractivity contribution in [2.45, 2.75) is 19.3 Å². The highest BCUT2D eigenvalue weighted by molar-refractivity contribution is 5.87. The molecule has 1 heterocycles. The zero-order chi connectivity index (χ0) is 12.0. The normalized spacial score (nSPS) is 38.9. The van der Waals surface area contributed by atoms with E-state index in [1.807, 2.05) is 17.1 Å². The molecule has 1 amide bonds. The fourth-order valence-electron chi connectivity index (χ4n) is 3.64. The zero-order valence-corrected chi connectivity index (χ0v) is 9.71. The summed E-state index contributed by atoms with van der Waals surface area (Å²) < 4.78 is 0. The first-order valence-corrected chi connectivity index (χ1v) is 6.38. The Morgan fingerprint density at radius 3 is 2.24 bits per heavy atom. The minimum atomic E-state index is -0.806. The summed E-state index contributed by atoms with van der Waals surface area (Å²) in [4.78, 5) is 25.6. The Kier molecular flexibility index (Phi) is 2.45. The van der Waals surface area contributed by atoms with Gasteiger partial charge in [-0.05, 0) is 31.1 Å². The molecule has 0 aromatic rings. The number of likely N-dealkylation sites (tertiary alicyclic amines) is 1. The molecule has 0 aromatic carbocycles. The molecule has 2 bridgehead atoms. The van der Waals surface area contributed by atoms with E-state index in [0.29, 0.717) is 0 Å². The van der Waals surface area contributed by atoms with Gasteiger partial charge in [0, 0.05) is 13.1 Å². The maximum absolute atomic E-state index is 12.4. The molecular formula is C13H17NO3. The highest BCUT2D eigenvalue weighted by Gasteiger charge is 2.52. The van der Waals surface area contributed by atoms with Gasteiger partial charge in [-0.2, -0.15) is 0 Å². The van der Waals surface area contributed by atoms with Crippen molar-refractivity contribution in [1.29, 1.82) is 0 Å². The van der Waals surface area contributed by atoms with Gasteiger partial charge >= 0.3 is 5.97 Å². The van der Waals surface area contributed by atoms with E-state index in [1.54, 1.807) is 0 Å². The highest BCUT2D eigenvalue weighted by Crippen LogP contribution is 2.48. The lowest BCUT2D eigenvalue weighted by atomic mass is 9.82. The SMILES string of the molecule is O=C(O)[C@H]1[C@H](C(=O)N2CCCC2)[C@@H]2C=C[C@H]1C2. The van der Waals surface area contributed by atoms with Crippen molar-refractivity contribution >= 4 is 11.9 Å². The Morgan fingerprint density at radius 2 is 1.65 bits per heavy atom. The lowest BCUT2D eigenvalue weighted by Gasteiger charge is -2.28. The molecule has 1 N–H and O–H groups in total. The highest BCUT2D eigenvalue weighted by atomic mass is 16.4. The van der Waals surface area contributed by atoms with Crippen LogP contribution in [0.5, 0.6) is 0 Å². The van der Waals surface area contributed by atoms with Gasteiger partial charge in [0.2, 0.25) is 5.91 Å². The third-order valence-electron chi connectivity index (χ3n) is 4.45. The molecule has 4 atom stereocenters. The first-order valence-electron chi connectivity index (χ1n) is 6.38. The predicted molar refractivity (Wildman–Crippen MR) is 61.2 cm³/mol. The number of nitrogens with zero attached hydrogens (tertiary/aromatic N) is 1. The summed E-state index contributed by atoms with van der Waals surface area (Å²) >= 11 is 0. The molecule has 0 radical (unpaired) electrons. The van der Waals surface area contributed by atoms with E-state index in [-0.39, 0.29) is 23.7 Å². The van der Waals surface area contributed by atoms with Crippen molar-refractivity contribution in [3.63, 3.8) is 0 Å². The number of allylic oxidation sites excluding steroid dienone is 2. The van der Waals surface area contributed by atoms with Crippen LogP contribution in [0.2, 0.25) is 0 Å². The van der Waals surface area contributed by atoms with Crippen LogP contribution in [0.4, 0.5) is 0 Å². The largest absolute Gasteiger partial charge is 0.481 e. The molecule has 1 saturated heterocycles. The average Bonchev–Trinajstić information content (AvgIpc) is 3.02. The minimum absolute atomic E-state index is 0.0757. The molecule has 1 aliphatic heterocycles. The van der Waals surface area contributed by atoms with Gasteiger partial charge in [0.15, 0.2) is 0 Å². The molecule has 92 valence electrons. The van der Waals surface area contributed by atoms with E-state index in [9.17, 15) is 14.7 Å². The Bertz CT molecular complexity index is 384. The molecule has 4 nitrogen and oxygen atoms in total. The van der Waals surface area contributed by atoms with Gasteiger partial charge in [-0.15, -0.1) is 0 Å². The molecule has 2 aliphatic carbocycles. The van der Waals surface area contributed by atoms with Crippen LogP contribution >= 0.6 is 0 Å². The quantitative estimate of drug-likeness (QED) is 0.730. The third-order valence-corrected chi connectivity index (χ3v) is 4.45. The Hall–Kier alpha value is -1.32. The van der Waals surface area contributed by atoms with E-state index in [0.717, 1.165) is 32.4 Å². The molecule has 0 spiro atoms. The van der Waals surface area contributed by atoms with E-state index < -0.39 is 11.9 Å². The second-order valence-electron chi connectivity index (χ2n) is 5.37. The number of rotatable bonds is 2. The van der Waals surface area contributed by atoms with Crippen LogP contribution in [0.15, 0.2) is 12.2 Å². The number of fused-ring (bicyclic) bond motifs is 2. The van der Waals surface area contributed by atoms with Crippen LogP contribution in [0.1, 0.15) is 19.3 Å². The van der Waals surface area contributed by atoms with Gasteiger partial charge in [-0.1, -0.05) is 12.2 Å². The van der Waals surface area contributed by atoms with E-state index in [1.165, 1.54) is 0 Å². The van der Waals surface area contributed by atoms with Crippen LogP contribution in [0.3, 0.4) is 0 Å². The van der Waals surface area contributed by atoms with E-state index in [4.69, 9.17) is 0 Å². The van der Waals surface area contributed by atoms with Crippen LogP contribution in [0, 0.1) is 23.7 Å². The van der Waals surface area contributed by atoms with Gasteiger partial charge in [0.05, 0.1) is 11.8 Å². The van der Waals surface area contributed by atoms with Crippen molar-refractivity contribution < 1.29 is 14.7 Å². The van der Waals surface area contributed by atoms with Crippen molar-refractivity contribution in [2.24, 2.45) is 23.7 Å². The summed E-state index contributed by atoms with van der Waals surface area (Å²) in [6.07, 6.45) is 6.99. The van der Waals surface area contributed by atoms with Gasteiger partial charge in [0.25, 0.3) is 0 Å². The van der Waals surface area contributed by atoms with Crippen molar-refractivity contribution in [1.82, 2.24) is 4.90 Å². The minimum Gasteiger partial charge on any atom is -0.481 e. The summed E-state index contributed by atoms with van der Waals surface area (Å²) in [6.45, 7) is 1.62. The van der Waals surface area contributed by atoms with E-state index >= 15 is 0 Å². The molecular weight excluding hydrogens is 218 g/mol. The topological polar surface area (TPSA) is 57.6 Å². The fraction of sp³-hybridized carbons (Fsp3) is 0.692. The summed E-state index contributed by atoms with van der Waals surface area (Å²) in [5.41, 5.74) is 0. The Morgan fingerprint density at radius 1 is 1.06 bits per heavy atom. The van der Waals surface area contributed by atoms with Crippen molar-refractivity contribution in [3.05, 3.63) is 12.2 Å². The Balaban J connectivity index is 1.83. The third kappa shape index (κ3) is 1.58. The molecule has 3 rings (SSSR count). The molecule has 2 fully saturated rings. The summed E-state index contributed by atoms with van der Waals surface area (Å²) in [6, 6.07) is 0. The maximum Gasteiger partial charge on any atom is 0.307 e. The molecule has 17 heavy (non-hydrogen) atoms. The molecule has 1 saturated carbocycles. The lowest BCUT2D eigenvalue weighted by Crippen LogP contribution is -2.41. The second kappa shape index (κ2) is 3.86. The first-order chi connectivity index (χ1) is 8.18. The Labute approximate surface area is 100 Å². The second-order valence-corrected chi connectivity index (χ2v) is 5.37. The molecule has 0 aromatic heterocycles. The van der Waals surface area contributed by atoms with Crippen LogP contribution in [0.25, 0.3) is 0 Å². The van der Waals surface area contributed by atoms with Gasteiger partial charge in [0.1, 0.15) is 0 Å². The number of carboxylic acid groups (broad SMARTS) is 1. The van der Waals surface area contributed by atoms with Gasteiger partial charge < -0.3 is 10.0 Å². The first kappa shape index (κ1) is 10.8. The smallest absolute Gasteiger partial charge is 0.307 e. The molecule has 0 unspecified atom stereocenters. The monoisotopic (exact) mass is 235 g/mol. The maximum atomic E-state index is 12.4. The molecule has 3 aliphatic rings. The number of carbonyl (C=O) groups is 2. The summed E-state index contributed by atoms with van der Waals surface area (Å²) in [5.74, 6) is -1.28. The molecule has 4 heteroatoms. The van der Waals surface area contributed by atoms with Crippen LogP contribution in [-0.2, 0) is 9.59 Å². The summed E-state index contributed by atoms with van der Waals surface area (Å²) in [7, 11) is 0. The number of carbonyl (C=O) groups excluding carboxylic acids is 1. The summed E-state index contributed by atoms with van der Waals surface area (Å²) in [5, 5.41) is 9.29. The van der Waals surface area contributed by atoms with Crippen LogP contribution < -0.4 is 0 Å². The van der Waals surface area contributed by atoms with E-state index in [2.05, 4.69) is 0 Å². The van der Waals surface area contributed by atoms with Crippen molar-refractivity contribution in [2.75, 3.05) is 13.1 Å². The number of carboxylic acids is 1.